The Morgan fingerprint density at radius 1 is 0.488 bits per heavy atom. The summed E-state index contributed by atoms with van der Waals surface area (Å²) >= 11 is 0. The zero-order chi connectivity index (χ0) is 28.3. The van der Waals surface area contributed by atoms with Gasteiger partial charge in [-0.3, -0.25) is 0 Å². The van der Waals surface area contributed by atoms with Crippen molar-refractivity contribution in [2.24, 2.45) is 0 Å². The Balaban J connectivity index is 1.24. The van der Waals surface area contributed by atoms with Crippen LogP contribution in [0.4, 0.5) is 0 Å². The van der Waals surface area contributed by atoms with Crippen molar-refractivity contribution in [1.29, 1.82) is 0 Å². The fourth-order valence-corrected chi connectivity index (χ4v) is 7.22. The van der Waals surface area contributed by atoms with Crippen LogP contribution in [0.2, 0.25) is 0 Å². The van der Waals surface area contributed by atoms with Crippen molar-refractivity contribution < 1.29 is 9.47 Å². The number of benzene rings is 7. The van der Waals surface area contributed by atoms with Gasteiger partial charge in [0.25, 0.3) is 0 Å². The molecule has 0 amide bonds. The minimum Gasteiger partial charge on any atom is -0.457 e. The normalized spacial score (nSPS) is 13.0. The van der Waals surface area contributed by atoms with Crippen molar-refractivity contribution in [1.82, 2.24) is 0 Å². The first-order chi connectivity index (χ1) is 21.3. The second-order valence-electron chi connectivity index (χ2n) is 11.5. The van der Waals surface area contributed by atoms with Gasteiger partial charge in [0.2, 0.25) is 0 Å². The van der Waals surface area contributed by atoms with Gasteiger partial charge in [0.05, 0.1) is 0 Å². The van der Waals surface area contributed by atoms with E-state index in [4.69, 9.17) is 9.47 Å². The summed E-state index contributed by atoms with van der Waals surface area (Å²) in [6.07, 6.45) is 3.26. The molecule has 0 saturated carbocycles. The van der Waals surface area contributed by atoms with Crippen LogP contribution in [0.25, 0.3) is 54.9 Å². The van der Waals surface area contributed by atoms with E-state index in [2.05, 4.69) is 127 Å². The summed E-state index contributed by atoms with van der Waals surface area (Å²) in [7, 11) is 0. The average molecular weight is 553 g/mol. The van der Waals surface area contributed by atoms with Gasteiger partial charge in [0.1, 0.15) is 23.0 Å². The van der Waals surface area contributed by atoms with Crippen LogP contribution >= 0.6 is 0 Å². The molecular weight excluding hydrogens is 524 g/mol. The summed E-state index contributed by atoms with van der Waals surface area (Å²) in [6.45, 7) is 0. The molecule has 7 aromatic carbocycles. The molecule has 204 valence electrons. The third kappa shape index (κ3) is 3.80. The zero-order valence-electron chi connectivity index (χ0n) is 23.6. The Hall–Kier alpha value is -5.34. The SMILES string of the molecule is c1ccc(-c2ccc(Oc3ccccc3-c3c4c(c5c6c(cccc36)Oc3ccc6ccccc6c3-5)CCC4)cc2)cc1. The van der Waals surface area contributed by atoms with Crippen LogP contribution in [-0.4, -0.2) is 0 Å². The molecule has 0 unspecified atom stereocenters. The second-order valence-corrected chi connectivity index (χ2v) is 11.5. The minimum atomic E-state index is 0.829. The van der Waals surface area contributed by atoms with E-state index in [1.54, 1.807) is 0 Å². The van der Waals surface area contributed by atoms with E-state index >= 15 is 0 Å². The molecule has 1 aliphatic heterocycles. The molecule has 9 rings (SSSR count). The Labute approximate surface area is 250 Å². The number of para-hydroxylation sites is 1. The predicted molar refractivity (Wildman–Crippen MR) is 176 cm³/mol. The highest BCUT2D eigenvalue weighted by Gasteiger charge is 2.31. The number of hydrogen-bond acceptors (Lipinski definition) is 2. The van der Waals surface area contributed by atoms with Crippen molar-refractivity contribution in [2.75, 3.05) is 0 Å². The van der Waals surface area contributed by atoms with Crippen LogP contribution in [-0.2, 0) is 12.8 Å². The number of fused-ring (bicyclic) bond motifs is 6. The van der Waals surface area contributed by atoms with Crippen LogP contribution in [0.3, 0.4) is 0 Å². The summed E-state index contributed by atoms with van der Waals surface area (Å²) in [6, 6.07) is 46.8. The standard InChI is InChI=1S/C41H28O2/c1-2-10-26(11-3-1)27-20-23-29(24-21-27)42-35-18-7-6-14-33(35)38-31-15-8-16-32(31)41-39-30-13-5-4-12-28(30)22-25-37(39)43-36-19-9-17-34(38)40(36)41/h1-7,9-14,17-25H,8,15-16H2. The first kappa shape index (κ1) is 24.3. The van der Waals surface area contributed by atoms with Crippen LogP contribution in [0.1, 0.15) is 17.5 Å². The van der Waals surface area contributed by atoms with Crippen LogP contribution in [0, 0.1) is 0 Å². The topological polar surface area (TPSA) is 18.5 Å². The van der Waals surface area contributed by atoms with E-state index in [0.717, 1.165) is 47.8 Å². The molecule has 1 aliphatic carbocycles. The molecule has 2 aliphatic rings. The van der Waals surface area contributed by atoms with Crippen LogP contribution < -0.4 is 9.47 Å². The molecule has 2 nitrogen and oxygen atoms in total. The molecule has 1 heterocycles. The van der Waals surface area contributed by atoms with E-state index in [9.17, 15) is 0 Å². The fourth-order valence-electron chi connectivity index (χ4n) is 7.22. The number of ether oxygens (including phenoxy) is 2. The number of hydrogen-bond donors (Lipinski definition) is 0. The lowest BCUT2D eigenvalue weighted by Crippen LogP contribution is -2.04. The van der Waals surface area contributed by atoms with Gasteiger partial charge in [-0.25, -0.2) is 0 Å². The van der Waals surface area contributed by atoms with Crippen molar-refractivity contribution in [3.05, 3.63) is 145 Å². The molecule has 0 spiro atoms. The molecular formula is C41H28O2. The average Bonchev–Trinajstić information content (AvgIpc) is 3.56. The molecule has 7 aromatic rings. The first-order valence-electron chi connectivity index (χ1n) is 15.1. The summed E-state index contributed by atoms with van der Waals surface area (Å²) in [4.78, 5) is 0. The van der Waals surface area contributed by atoms with Gasteiger partial charge >= 0.3 is 0 Å². The molecule has 0 radical (unpaired) electrons. The van der Waals surface area contributed by atoms with E-state index in [-0.39, 0.29) is 0 Å². The van der Waals surface area contributed by atoms with Gasteiger partial charge in [-0.05, 0) is 93.6 Å². The Bertz CT molecular complexity index is 2190. The Morgan fingerprint density at radius 2 is 1.21 bits per heavy atom. The summed E-state index contributed by atoms with van der Waals surface area (Å²) in [5.41, 5.74) is 10.3. The largest absolute Gasteiger partial charge is 0.457 e. The van der Waals surface area contributed by atoms with Gasteiger partial charge in [0.15, 0.2) is 0 Å². The fraction of sp³-hybridized carbons (Fsp3) is 0.0732. The van der Waals surface area contributed by atoms with Crippen molar-refractivity contribution in [3.63, 3.8) is 0 Å². The monoisotopic (exact) mass is 552 g/mol. The summed E-state index contributed by atoms with van der Waals surface area (Å²) in [5, 5.41) is 4.93. The van der Waals surface area contributed by atoms with Crippen LogP contribution in [0.15, 0.2) is 133 Å². The van der Waals surface area contributed by atoms with E-state index in [1.165, 1.54) is 60.5 Å². The Morgan fingerprint density at radius 3 is 2.09 bits per heavy atom. The van der Waals surface area contributed by atoms with Crippen LogP contribution in [0.5, 0.6) is 23.0 Å². The van der Waals surface area contributed by atoms with Crippen molar-refractivity contribution in [2.45, 2.75) is 19.3 Å². The smallest absolute Gasteiger partial charge is 0.135 e. The highest BCUT2D eigenvalue weighted by atomic mass is 16.5. The lowest BCUT2D eigenvalue weighted by atomic mass is 9.82. The first-order valence-corrected chi connectivity index (χ1v) is 15.1. The maximum absolute atomic E-state index is 6.65. The predicted octanol–water partition coefficient (Wildman–Crippen LogP) is 11.4. The summed E-state index contributed by atoms with van der Waals surface area (Å²) in [5.74, 6) is 3.58. The van der Waals surface area contributed by atoms with E-state index in [1.807, 2.05) is 6.07 Å². The second kappa shape index (κ2) is 9.61. The van der Waals surface area contributed by atoms with Gasteiger partial charge in [-0.1, -0.05) is 103 Å². The van der Waals surface area contributed by atoms with Gasteiger partial charge < -0.3 is 9.47 Å². The molecule has 2 heteroatoms. The molecule has 0 N–H and O–H groups in total. The maximum atomic E-state index is 6.65. The molecule has 43 heavy (non-hydrogen) atoms. The summed E-state index contributed by atoms with van der Waals surface area (Å²) < 4.78 is 13.3. The third-order valence-electron chi connectivity index (χ3n) is 9.07. The van der Waals surface area contributed by atoms with Crippen molar-refractivity contribution >= 4 is 21.5 Å². The highest BCUT2D eigenvalue weighted by Crippen LogP contribution is 2.56. The molecule has 0 saturated heterocycles. The lowest BCUT2D eigenvalue weighted by molar-refractivity contribution is 0.484. The highest BCUT2D eigenvalue weighted by molar-refractivity contribution is 6.17. The number of rotatable bonds is 4. The molecule has 0 atom stereocenters. The Kier molecular flexibility index (Phi) is 5.42. The molecule has 0 aromatic heterocycles. The lowest BCUT2D eigenvalue weighted by Gasteiger charge is -2.27. The van der Waals surface area contributed by atoms with Gasteiger partial charge in [0, 0.05) is 22.1 Å². The zero-order valence-corrected chi connectivity index (χ0v) is 23.6. The third-order valence-corrected chi connectivity index (χ3v) is 9.07. The minimum absolute atomic E-state index is 0.829. The maximum Gasteiger partial charge on any atom is 0.135 e. The molecule has 0 fully saturated rings. The molecule has 0 bridgehead atoms. The van der Waals surface area contributed by atoms with E-state index in [0.29, 0.717) is 0 Å². The van der Waals surface area contributed by atoms with Gasteiger partial charge in [-0.2, -0.15) is 0 Å². The van der Waals surface area contributed by atoms with E-state index < -0.39 is 0 Å². The van der Waals surface area contributed by atoms with Gasteiger partial charge in [-0.15, -0.1) is 0 Å². The quantitative estimate of drug-likeness (QED) is 0.216. The van der Waals surface area contributed by atoms with Crippen molar-refractivity contribution in [3.8, 4) is 56.4 Å².